The van der Waals surface area contributed by atoms with Gasteiger partial charge in [-0.1, -0.05) is 58.8 Å². The van der Waals surface area contributed by atoms with Crippen LogP contribution in [-0.4, -0.2) is 6.18 Å². The Bertz CT molecular complexity index is 228. The minimum absolute atomic E-state index is 0.231. The zero-order valence-corrected chi connectivity index (χ0v) is 11.8. The van der Waals surface area contributed by atoms with Gasteiger partial charge in [-0.3, -0.25) is 0 Å². The molecule has 0 saturated heterocycles. The third kappa shape index (κ3) is 4.81. The number of hydrogen-bond acceptors (Lipinski definition) is 0. The fraction of sp³-hybridized carbons (Fsp3) is 1.00. The van der Waals surface area contributed by atoms with Gasteiger partial charge in [-0.25, -0.2) is 0 Å². The van der Waals surface area contributed by atoms with Gasteiger partial charge in [0, 0.05) is 6.42 Å². The molecule has 0 spiro atoms. The van der Waals surface area contributed by atoms with Crippen molar-refractivity contribution in [3.05, 3.63) is 0 Å². The minimum atomic E-state index is -3.99. The molecule has 0 aromatic heterocycles. The summed E-state index contributed by atoms with van der Waals surface area (Å²) in [6.45, 7) is 4.21. The predicted molar refractivity (Wildman–Crippen MR) is 69.5 cm³/mol. The van der Waals surface area contributed by atoms with Gasteiger partial charge in [0.1, 0.15) is 0 Å². The van der Waals surface area contributed by atoms with Crippen molar-refractivity contribution in [3.8, 4) is 0 Å². The highest BCUT2D eigenvalue weighted by Crippen LogP contribution is 2.54. The summed E-state index contributed by atoms with van der Waals surface area (Å²) in [5.74, 6) is 0.231. The van der Waals surface area contributed by atoms with E-state index in [1.54, 1.807) is 0 Å². The van der Waals surface area contributed by atoms with Crippen LogP contribution in [0.4, 0.5) is 13.2 Å². The van der Waals surface area contributed by atoms with Gasteiger partial charge < -0.3 is 0 Å². The van der Waals surface area contributed by atoms with Gasteiger partial charge in [-0.05, 0) is 24.2 Å². The van der Waals surface area contributed by atoms with Crippen LogP contribution in [0, 0.1) is 11.3 Å². The number of halogens is 3. The molecule has 1 saturated carbocycles. The van der Waals surface area contributed by atoms with Crippen molar-refractivity contribution in [1.29, 1.82) is 0 Å². The zero-order chi connectivity index (χ0) is 13.6. The summed E-state index contributed by atoms with van der Waals surface area (Å²) in [7, 11) is 0. The fourth-order valence-electron chi connectivity index (χ4n) is 3.23. The highest BCUT2D eigenvalue weighted by atomic mass is 19.4. The molecule has 0 N–H and O–H groups in total. The molecule has 0 amide bonds. The number of unbranched alkanes of at least 4 members (excludes halogenated alkanes) is 4. The Morgan fingerprint density at radius 1 is 1.06 bits per heavy atom. The molecule has 1 aliphatic rings. The van der Waals surface area contributed by atoms with Crippen LogP contribution >= 0.6 is 0 Å². The molecule has 0 heterocycles. The SMILES string of the molecule is CCCCCCCC(C)C1(CC(F)(F)F)CCC1. The van der Waals surface area contributed by atoms with Crippen LogP contribution in [0.25, 0.3) is 0 Å². The Kier molecular flexibility index (Phi) is 6.00. The molecule has 1 atom stereocenters. The smallest absolute Gasteiger partial charge is 0.171 e. The van der Waals surface area contributed by atoms with E-state index in [2.05, 4.69) is 6.92 Å². The van der Waals surface area contributed by atoms with Crippen molar-refractivity contribution in [3.63, 3.8) is 0 Å². The lowest BCUT2D eigenvalue weighted by Gasteiger charge is -2.47. The van der Waals surface area contributed by atoms with E-state index in [9.17, 15) is 13.2 Å². The average molecular weight is 264 g/mol. The molecular formula is C15H27F3. The quantitative estimate of drug-likeness (QED) is 0.464. The zero-order valence-electron chi connectivity index (χ0n) is 11.8. The first-order valence-corrected chi connectivity index (χ1v) is 7.46. The minimum Gasteiger partial charge on any atom is -0.171 e. The normalized spacial score (nSPS) is 20.5. The largest absolute Gasteiger partial charge is 0.389 e. The van der Waals surface area contributed by atoms with Crippen molar-refractivity contribution in [2.24, 2.45) is 11.3 Å². The Balaban J connectivity index is 2.31. The van der Waals surface area contributed by atoms with Crippen LogP contribution in [0.2, 0.25) is 0 Å². The monoisotopic (exact) mass is 264 g/mol. The standard InChI is InChI=1S/C15H27F3/c1-3-4-5-6-7-9-13(2)14(10-8-11-14)12-15(16,17)18/h13H,3-12H2,1-2H3. The van der Waals surface area contributed by atoms with Crippen LogP contribution in [0.3, 0.4) is 0 Å². The second kappa shape index (κ2) is 6.81. The number of hydrogen-bond donors (Lipinski definition) is 0. The van der Waals surface area contributed by atoms with Gasteiger partial charge in [-0.2, -0.15) is 13.2 Å². The van der Waals surface area contributed by atoms with Gasteiger partial charge >= 0.3 is 6.18 Å². The van der Waals surface area contributed by atoms with Crippen LogP contribution < -0.4 is 0 Å². The Morgan fingerprint density at radius 3 is 2.11 bits per heavy atom. The topological polar surface area (TPSA) is 0 Å². The second-order valence-electron chi connectivity index (χ2n) is 6.11. The maximum atomic E-state index is 12.6. The van der Waals surface area contributed by atoms with Crippen molar-refractivity contribution < 1.29 is 13.2 Å². The molecule has 0 aromatic rings. The molecule has 18 heavy (non-hydrogen) atoms. The van der Waals surface area contributed by atoms with E-state index in [1.807, 2.05) is 6.92 Å². The van der Waals surface area contributed by atoms with E-state index >= 15 is 0 Å². The Hall–Kier alpha value is -0.210. The van der Waals surface area contributed by atoms with Crippen LogP contribution in [0.15, 0.2) is 0 Å². The average Bonchev–Trinajstić information content (AvgIpc) is 2.21. The van der Waals surface area contributed by atoms with Crippen molar-refractivity contribution >= 4 is 0 Å². The maximum absolute atomic E-state index is 12.6. The van der Waals surface area contributed by atoms with Crippen molar-refractivity contribution in [1.82, 2.24) is 0 Å². The molecule has 3 heteroatoms. The van der Waals surface area contributed by atoms with E-state index in [0.717, 1.165) is 32.1 Å². The van der Waals surface area contributed by atoms with Crippen LogP contribution in [0.1, 0.15) is 78.1 Å². The Labute approximate surface area is 109 Å². The lowest BCUT2D eigenvalue weighted by atomic mass is 9.58. The first-order valence-electron chi connectivity index (χ1n) is 7.46. The highest BCUT2D eigenvalue weighted by molar-refractivity contribution is 4.93. The summed E-state index contributed by atoms with van der Waals surface area (Å²) in [5, 5.41) is 0. The lowest BCUT2D eigenvalue weighted by molar-refractivity contribution is -0.179. The summed E-state index contributed by atoms with van der Waals surface area (Å²) < 4.78 is 37.9. The summed E-state index contributed by atoms with van der Waals surface area (Å²) in [6.07, 6.45) is 4.94. The van der Waals surface area contributed by atoms with E-state index in [0.29, 0.717) is 0 Å². The molecule has 108 valence electrons. The van der Waals surface area contributed by atoms with Crippen LogP contribution in [-0.2, 0) is 0 Å². The summed E-state index contributed by atoms with van der Waals surface area (Å²) >= 11 is 0. The summed E-state index contributed by atoms with van der Waals surface area (Å²) in [4.78, 5) is 0. The third-order valence-corrected chi connectivity index (χ3v) is 4.69. The second-order valence-corrected chi connectivity index (χ2v) is 6.11. The fourth-order valence-corrected chi connectivity index (χ4v) is 3.23. The summed E-state index contributed by atoms with van der Waals surface area (Å²) in [5.41, 5.74) is -0.414. The molecular weight excluding hydrogens is 237 g/mol. The van der Waals surface area contributed by atoms with Gasteiger partial charge in [0.05, 0.1) is 0 Å². The molecule has 0 nitrogen and oxygen atoms in total. The van der Waals surface area contributed by atoms with Crippen molar-refractivity contribution in [2.45, 2.75) is 84.2 Å². The van der Waals surface area contributed by atoms with Gasteiger partial charge in [-0.15, -0.1) is 0 Å². The predicted octanol–water partition coefficient (Wildman–Crippen LogP) is 6.11. The van der Waals surface area contributed by atoms with Gasteiger partial charge in [0.25, 0.3) is 0 Å². The van der Waals surface area contributed by atoms with Crippen molar-refractivity contribution in [2.75, 3.05) is 0 Å². The van der Waals surface area contributed by atoms with Gasteiger partial charge in [0.15, 0.2) is 0 Å². The Morgan fingerprint density at radius 2 is 1.67 bits per heavy atom. The van der Waals surface area contributed by atoms with E-state index < -0.39 is 18.0 Å². The van der Waals surface area contributed by atoms with Gasteiger partial charge in [0.2, 0.25) is 0 Å². The molecule has 1 fully saturated rings. The summed E-state index contributed by atoms with van der Waals surface area (Å²) in [6, 6.07) is 0. The molecule has 0 bridgehead atoms. The maximum Gasteiger partial charge on any atom is 0.389 e. The first-order chi connectivity index (χ1) is 8.40. The molecule has 1 unspecified atom stereocenters. The molecule has 1 aliphatic carbocycles. The van der Waals surface area contributed by atoms with E-state index in [-0.39, 0.29) is 5.92 Å². The molecule has 1 rings (SSSR count). The lowest BCUT2D eigenvalue weighted by Crippen LogP contribution is -2.40. The molecule has 0 aliphatic heterocycles. The van der Waals surface area contributed by atoms with E-state index in [4.69, 9.17) is 0 Å². The number of alkyl halides is 3. The van der Waals surface area contributed by atoms with Crippen LogP contribution in [0.5, 0.6) is 0 Å². The third-order valence-electron chi connectivity index (χ3n) is 4.69. The first kappa shape index (κ1) is 15.8. The number of rotatable bonds is 8. The molecule has 0 aromatic carbocycles. The molecule has 0 radical (unpaired) electrons. The van der Waals surface area contributed by atoms with E-state index in [1.165, 1.54) is 25.7 Å². The highest BCUT2D eigenvalue weighted by Gasteiger charge is 2.48.